The van der Waals surface area contributed by atoms with Crippen molar-refractivity contribution in [3.05, 3.63) is 58.6 Å². The van der Waals surface area contributed by atoms with Gasteiger partial charge in [0, 0.05) is 16.5 Å². The smallest absolute Gasteiger partial charge is 0.387 e. The number of aliphatic hydroxyl groups is 1. The summed E-state index contributed by atoms with van der Waals surface area (Å²) in [6.45, 7) is -1.53. The van der Waals surface area contributed by atoms with Crippen molar-refractivity contribution in [2.45, 2.75) is 38.0 Å². The molecule has 2 aliphatic rings. The Morgan fingerprint density at radius 1 is 1.04 bits per heavy atom. The predicted octanol–water partition coefficient (Wildman–Crippen LogP) is 4.70. The summed E-state index contributed by atoms with van der Waals surface area (Å²) < 4.78 is 32.6. The molecule has 0 aromatic heterocycles. The Hall–Kier alpha value is -1.99. The van der Waals surface area contributed by atoms with E-state index in [2.05, 4.69) is 25.2 Å². The van der Waals surface area contributed by atoms with Crippen molar-refractivity contribution in [2.24, 2.45) is 0 Å². The van der Waals surface area contributed by atoms with Crippen LogP contribution in [-0.2, 0) is 5.72 Å². The maximum Gasteiger partial charge on any atom is 0.387 e. The molecule has 2 heterocycles. The normalized spacial score (nSPS) is 22.4. The standard InChI is InChI=1S/C21H22BrF2N2O2/c22-16-7-9-17(10-8-16)26-19-4-2-1-3-13-25(19)14-21(26,27)15-5-11-18(12-6-15)28-20(23)24/h5-12,20,27H,1-4,13-14H2/q+1/t21-/m1/s1. The van der Waals surface area contributed by atoms with Gasteiger partial charge >= 0.3 is 6.61 Å². The summed E-state index contributed by atoms with van der Waals surface area (Å²) in [5, 5.41) is 11.8. The molecule has 1 N–H and O–H groups in total. The lowest BCUT2D eigenvalue weighted by molar-refractivity contribution is -0.534. The minimum atomic E-state index is -2.87. The summed E-state index contributed by atoms with van der Waals surface area (Å²) >= 11 is 3.46. The third-order valence-electron chi connectivity index (χ3n) is 5.36. The average Bonchev–Trinajstić information content (AvgIpc) is 2.79. The van der Waals surface area contributed by atoms with E-state index in [1.54, 1.807) is 12.1 Å². The zero-order chi connectivity index (χ0) is 19.7. The van der Waals surface area contributed by atoms with Gasteiger partial charge in [-0.05, 0) is 67.8 Å². The highest BCUT2D eigenvalue weighted by Gasteiger charge is 2.54. The summed E-state index contributed by atoms with van der Waals surface area (Å²) in [5.74, 6) is 1.19. The zero-order valence-electron chi connectivity index (χ0n) is 15.3. The quantitative estimate of drug-likeness (QED) is 0.684. The minimum Gasteiger partial charge on any atom is -0.435 e. The molecule has 0 saturated carbocycles. The number of hydrogen-bond acceptors (Lipinski definition) is 3. The fourth-order valence-corrected chi connectivity index (χ4v) is 4.36. The number of ether oxygens (including phenoxy) is 1. The third kappa shape index (κ3) is 3.65. The first kappa shape index (κ1) is 19.3. The Morgan fingerprint density at radius 2 is 1.75 bits per heavy atom. The molecule has 2 aromatic carbocycles. The van der Waals surface area contributed by atoms with E-state index in [0.29, 0.717) is 12.1 Å². The van der Waals surface area contributed by atoms with Crippen LogP contribution in [0.2, 0.25) is 0 Å². The average molecular weight is 452 g/mol. The lowest BCUT2D eigenvalue weighted by Crippen LogP contribution is -2.47. The molecule has 0 spiro atoms. The van der Waals surface area contributed by atoms with Crippen LogP contribution in [0.15, 0.2) is 53.0 Å². The third-order valence-corrected chi connectivity index (χ3v) is 5.89. The number of benzene rings is 2. The van der Waals surface area contributed by atoms with Crippen LogP contribution in [0.3, 0.4) is 0 Å². The second-order valence-electron chi connectivity index (χ2n) is 7.18. The van der Waals surface area contributed by atoms with E-state index in [9.17, 15) is 13.9 Å². The van der Waals surface area contributed by atoms with Gasteiger partial charge in [-0.2, -0.15) is 13.7 Å². The van der Waals surface area contributed by atoms with Gasteiger partial charge in [0.2, 0.25) is 0 Å². The molecule has 0 aliphatic carbocycles. The van der Waals surface area contributed by atoms with E-state index in [0.717, 1.165) is 41.8 Å². The van der Waals surface area contributed by atoms with Crippen LogP contribution in [0.25, 0.3) is 0 Å². The number of nitrogens with zero attached hydrogens (tertiary/aromatic N) is 2. The summed E-state index contributed by atoms with van der Waals surface area (Å²) in [6.07, 6.45) is 4.24. The minimum absolute atomic E-state index is 0.0812. The van der Waals surface area contributed by atoms with E-state index < -0.39 is 12.3 Å². The second kappa shape index (κ2) is 7.79. The Bertz CT molecular complexity index is 871. The Morgan fingerprint density at radius 3 is 2.43 bits per heavy atom. The van der Waals surface area contributed by atoms with Crippen LogP contribution in [0.1, 0.15) is 31.2 Å². The highest BCUT2D eigenvalue weighted by Crippen LogP contribution is 2.38. The Kier molecular flexibility index (Phi) is 5.38. The van der Waals surface area contributed by atoms with Gasteiger partial charge in [0.15, 0.2) is 6.54 Å². The summed E-state index contributed by atoms with van der Waals surface area (Å²) in [6, 6.07) is 14.1. The van der Waals surface area contributed by atoms with Crippen LogP contribution in [0.5, 0.6) is 5.75 Å². The number of halogens is 3. The SMILES string of the molecule is O[C@@]1(c2ccc(OC(F)F)cc2)C[N+]2=C(CCCCC2)N1c1ccc(Br)cc1. The van der Waals surface area contributed by atoms with E-state index in [-0.39, 0.29) is 5.75 Å². The largest absolute Gasteiger partial charge is 0.435 e. The van der Waals surface area contributed by atoms with Gasteiger partial charge in [-0.15, -0.1) is 0 Å². The van der Waals surface area contributed by atoms with Crippen molar-refractivity contribution in [3.63, 3.8) is 0 Å². The van der Waals surface area contributed by atoms with Crippen molar-refractivity contribution >= 4 is 27.5 Å². The predicted molar refractivity (Wildman–Crippen MR) is 107 cm³/mol. The molecule has 0 saturated heterocycles. The molecule has 148 valence electrons. The zero-order valence-corrected chi connectivity index (χ0v) is 16.9. The topological polar surface area (TPSA) is 35.7 Å². The lowest BCUT2D eigenvalue weighted by Gasteiger charge is -2.29. The molecule has 0 unspecified atom stereocenters. The molecule has 0 amide bonds. The maximum absolute atomic E-state index is 12.5. The van der Waals surface area contributed by atoms with Crippen molar-refractivity contribution in [3.8, 4) is 5.75 Å². The van der Waals surface area contributed by atoms with Crippen LogP contribution in [-0.4, -0.2) is 35.2 Å². The molecule has 2 aliphatic heterocycles. The van der Waals surface area contributed by atoms with Gasteiger partial charge in [0.05, 0.1) is 6.54 Å². The monoisotopic (exact) mass is 451 g/mol. The highest BCUT2D eigenvalue weighted by molar-refractivity contribution is 9.10. The van der Waals surface area contributed by atoms with Gasteiger partial charge in [-0.25, -0.2) is 0 Å². The molecule has 0 fully saturated rings. The van der Waals surface area contributed by atoms with Crippen molar-refractivity contribution in [2.75, 3.05) is 18.0 Å². The number of anilines is 1. The molecule has 0 radical (unpaired) electrons. The molecular formula is C21H22BrF2N2O2+. The van der Waals surface area contributed by atoms with Crippen molar-refractivity contribution < 1.29 is 23.2 Å². The molecule has 4 rings (SSSR count). The molecule has 0 bridgehead atoms. The summed E-state index contributed by atoms with van der Waals surface area (Å²) in [7, 11) is 0. The van der Waals surface area contributed by atoms with Gasteiger partial charge < -0.3 is 9.84 Å². The van der Waals surface area contributed by atoms with Crippen LogP contribution < -0.4 is 9.64 Å². The van der Waals surface area contributed by atoms with Crippen LogP contribution >= 0.6 is 15.9 Å². The Labute approximate surface area is 171 Å². The Balaban J connectivity index is 1.74. The van der Waals surface area contributed by atoms with Crippen molar-refractivity contribution in [1.82, 2.24) is 0 Å². The van der Waals surface area contributed by atoms with Crippen molar-refractivity contribution in [1.29, 1.82) is 0 Å². The molecular weight excluding hydrogens is 430 g/mol. The number of hydrogen-bond donors (Lipinski definition) is 1. The molecule has 7 heteroatoms. The van der Waals surface area contributed by atoms with E-state index >= 15 is 0 Å². The number of rotatable bonds is 4. The number of alkyl halides is 2. The summed E-state index contributed by atoms with van der Waals surface area (Å²) in [5.41, 5.74) is 0.278. The van der Waals surface area contributed by atoms with Gasteiger partial charge in [-0.3, -0.25) is 4.58 Å². The van der Waals surface area contributed by atoms with Crippen LogP contribution in [0, 0.1) is 0 Å². The van der Waals surface area contributed by atoms with E-state index in [1.807, 2.05) is 29.2 Å². The highest BCUT2D eigenvalue weighted by atomic mass is 79.9. The first-order valence-electron chi connectivity index (χ1n) is 9.42. The fraction of sp³-hybridized carbons (Fsp3) is 0.381. The first-order chi connectivity index (χ1) is 13.5. The fourth-order valence-electron chi connectivity index (χ4n) is 4.10. The molecule has 1 atom stereocenters. The van der Waals surface area contributed by atoms with Gasteiger partial charge in [-0.1, -0.05) is 15.9 Å². The van der Waals surface area contributed by atoms with Gasteiger partial charge in [0.25, 0.3) is 11.6 Å². The van der Waals surface area contributed by atoms with E-state index in [1.165, 1.54) is 18.6 Å². The first-order valence-corrected chi connectivity index (χ1v) is 10.2. The van der Waals surface area contributed by atoms with Crippen LogP contribution in [0.4, 0.5) is 14.5 Å². The number of amidine groups is 1. The molecule has 28 heavy (non-hydrogen) atoms. The molecule has 4 nitrogen and oxygen atoms in total. The summed E-state index contributed by atoms with van der Waals surface area (Å²) in [4.78, 5) is 1.99. The second-order valence-corrected chi connectivity index (χ2v) is 8.10. The lowest BCUT2D eigenvalue weighted by atomic mass is 9.99. The maximum atomic E-state index is 12.5. The molecule has 2 aromatic rings. The van der Waals surface area contributed by atoms with Gasteiger partial charge in [0.1, 0.15) is 11.4 Å². The van der Waals surface area contributed by atoms with E-state index in [4.69, 9.17) is 0 Å².